The summed E-state index contributed by atoms with van der Waals surface area (Å²) in [5, 5.41) is 3.05. The van der Waals surface area contributed by atoms with Crippen molar-refractivity contribution < 1.29 is 18.7 Å². The van der Waals surface area contributed by atoms with Gasteiger partial charge in [0.15, 0.2) is 11.6 Å². The maximum absolute atomic E-state index is 14.6. The van der Waals surface area contributed by atoms with Gasteiger partial charge in [-0.25, -0.2) is 14.4 Å². The van der Waals surface area contributed by atoms with Gasteiger partial charge in [-0.2, -0.15) is 0 Å². The van der Waals surface area contributed by atoms with E-state index in [4.69, 9.17) is 32.7 Å². The average molecular weight is 493 g/mol. The molecule has 1 fully saturated rings. The number of methoxy groups -OCH3 is 1. The number of ether oxygens (including phenoxy) is 2. The molecule has 2 heterocycles. The molecule has 0 radical (unpaired) electrons. The van der Waals surface area contributed by atoms with Crippen LogP contribution in [0.25, 0.3) is 0 Å². The lowest BCUT2D eigenvalue weighted by atomic mass is 9.92. The van der Waals surface area contributed by atoms with E-state index in [2.05, 4.69) is 21.9 Å². The highest BCUT2D eigenvalue weighted by Crippen LogP contribution is 2.36. The van der Waals surface area contributed by atoms with E-state index in [1.165, 1.54) is 24.5 Å². The Hall–Kier alpha value is -2.84. The number of amidine groups is 1. The van der Waals surface area contributed by atoms with Crippen LogP contribution >= 0.6 is 23.2 Å². The second-order valence-electron chi connectivity index (χ2n) is 7.76. The van der Waals surface area contributed by atoms with Crippen molar-refractivity contribution in [2.24, 2.45) is 15.9 Å². The van der Waals surface area contributed by atoms with Gasteiger partial charge in [0.1, 0.15) is 23.4 Å². The van der Waals surface area contributed by atoms with E-state index >= 15 is 0 Å². The van der Waals surface area contributed by atoms with E-state index in [0.717, 1.165) is 5.70 Å². The number of likely N-dealkylation sites (tertiary alicyclic amines) is 1. The Morgan fingerprint density at radius 3 is 2.82 bits per heavy atom. The molecule has 3 aliphatic rings. The highest BCUT2D eigenvalue weighted by molar-refractivity contribution is 6.42. The molecule has 1 aromatic carbocycles. The van der Waals surface area contributed by atoms with Crippen molar-refractivity contribution in [1.29, 1.82) is 0 Å². The minimum Gasteiger partial charge on any atom is -0.493 e. The van der Waals surface area contributed by atoms with Gasteiger partial charge < -0.3 is 19.7 Å². The molecule has 33 heavy (non-hydrogen) atoms. The Bertz CT molecular complexity index is 1090. The number of carbonyl (C=O) groups is 1. The molecule has 4 rings (SSSR count). The van der Waals surface area contributed by atoms with E-state index in [9.17, 15) is 9.18 Å². The van der Waals surface area contributed by atoms with Crippen molar-refractivity contribution in [3.05, 3.63) is 63.9 Å². The Balaban J connectivity index is 1.54. The second-order valence-corrected chi connectivity index (χ2v) is 8.55. The Morgan fingerprint density at radius 1 is 1.36 bits per heavy atom. The van der Waals surface area contributed by atoms with Crippen LogP contribution in [-0.2, 0) is 14.3 Å². The van der Waals surface area contributed by atoms with Crippen molar-refractivity contribution in [2.45, 2.75) is 25.4 Å². The fourth-order valence-electron chi connectivity index (χ4n) is 3.99. The quantitative estimate of drug-likeness (QED) is 0.475. The number of nitrogens with zero attached hydrogens (tertiary/aromatic N) is 3. The summed E-state index contributed by atoms with van der Waals surface area (Å²) in [5.41, 5.74) is 0.876. The van der Waals surface area contributed by atoms with Crippen LogP contribution in [0.15, 0.2) is 58.1 Å². The molecular formula is C23H23Cl2FN4O3. The molecular weight excluding hydrogens is 470 g/mol. The summed E-state index contributed by atoms with van der Waals surface area (Å²) in [5.74, 6) is 0.643. The summed E-state index contributed by atoms with van der Waals surface area (Å²) in [7, 11) is 1.58. The molecule has 10 heteroatoms. The summed E-state index contributed by atoms with van der Waals surface area (Å²) in [6, 6.07) is 2.96. The molecule has 0 aromatic heterocycles. The van der Waals surface area contributed by atoms with Gasteiger partial charge in [0.25, 0.3) is 0 Å². The predicted octanol–water partition coefficient (Wildman–Crippen LogP) is 4.75. The molecule has 1 saturated heterocycles. The number of aliphatic imine (C=N–C) groups is 2. The van der Waals surface area contributed by atoms with Crippen LogP contribution in [0.4, 0.5) is 10.1 Å². The molecule has 1 atom stereocenters. The van der Waals surface area contributed by atoms with Crippen molar-refractivity contribution in [2.75, 3.05) is 20.2 Å². The summed E-state index contributed by atoms with van der Waals surface area (Å²) in [6.07, 6.45) is 6.46. The lowest BCUT2D eigenvalue weighted by Crippen LogP contribution is -2.40. The molecule has 1 N–H and O–H groups in total. The van der Waals surface area contributed by atoms with Crippen molar-refractivity contribution >= 4 is 47.0 Å². The van der Waals surface area contributed by atoms with Crippen LogP contribution in [0.3, 0.4) is 0 Å². The summed E-state index contributed by atoms with van der Waals surface area (Å²) in [4.78, 5) is 22.3. The normalized spacial score (nSPS) is 21.9. The van der Waals surface area contributed by atoms with E-state index in [-0.39, 0.29) is 33.7 Å². The van der Waals surface area contributed by atoms with E-state index in [1.807, 2.05) is 6.08 Å². The topological polar surface area (TPSA) is 75.5 Å². The lowest BCUT2D eigenvalue weighted by Gasteiger charge is -2.34. The van der Waals surface area contributed by atoms with Crippen LogP contribution < -0.4 is 5.32 Å². The number of carbonyl (C=O) groups excluding carboxylic acids is 1. The molecule has 1 aromatic rings. The van der Waals surface area contributed by atoms with Crippen LogP contribution in [0.2, 0.25) is 10.0 Å². The first-order valence-corrected chi connectivity index (χ1v) is 11.2. The van der Waals surface area contributed by atoms with E-state index < -0.39 is 5.82 Å². The zero-order valence-corrected chi connectivity index (χ0v) is 19.5. The zero-order valence-electron chi connectivity index (χ0n) is 18.0. The smallest absolute Gasteiger partial charge is 0.245 e. The van der Waals surface area contributed by atoms with Gasteiger partial charge in [-0.3, -0.25) is 4.79 Å². The minimum atomic E-state index is -0.697. The lowest BCUT2D eigenvalue weighted by molar-refractivity contribution is -0.128. The summed E-state index contributed by atoms with van der Waals surface area (Å²) < 4.78 is 26.4. The number of fused-ring (bicyclic) bond motifs is 1. The maximum Gasteiger partial charge on any atom is 0.245 e. The monoisotopic (exact) mass is 492 g/mol. The minimum absolute atomic E-state index is 0.0538. The molecule has 0 spiro atoms. The second kappa shape index (κ2) is 9.97. The van der Waals surface area contributed by atoms with E-state index in [0.29, 0.717) is 49.7 Å². The number of rotatable bonds is 5. The molecule has 174 valence electrons. The number of halogens is 3. The SMILES string of the molecule is C=CC(=O)N1CCC(OC2=C(OC)C=C3NC=NC(=Nc4ccc(Cl)c(Cl)c4F)C3C2)CC1. The van der Waals surface area contributed by atoms with Crippen molar-refractivity contribution in [3.8, 4) is 0 Å². The third-order valence-corrected chi connectivity index (χ3v) is 6.55. The van der Waals surface area contributed by atoms with Crippen molar-refractivity contribution in [1.82, 2.24) is 10.2 Å². The highest BCUT2D eigenvalue weighted by atomic mass is 35.5. The van der Waals surface area contributed by atoms with Gasteiger partial charge in [0.05, 0.1) is 29.4 Å². The Kier molecular flexibility index (Phi) is 7.05. The Morgan fingerprint density at radius 2 is 2.12 bits per heavy atom. The largest absolute Gasteiger partial charge is 0.493 e. The van der Waals surface area contributed by atoms with Crippen LogP contribution in [0, 0.1) is 11.7 Å². The number of nitrogens with one attached hydrogen (secondary N) is 1. The van der Waals surface area contributed by atoms with Gasteiger partial charge in [0, 0.05) is 44.1 Å². The van der Waals surface area contributed by atoms with Crippen LogP contribution in [-0.4, -0.2) is 49.3 Å². The number of allylic oxidation sites excluding steroid dienone is 2. The molecule has 1 aliphatic carbocycles. The number of piperidine rings is 1. The Labute approximate surface area is 201 Å². The van der Waals surface area contributed by atoms with E-state index in [1.54, 1.807) is 12.0 Å². The first kappa shape index (κ1) is 23.3. The van der Waals surface area contributed by atoms with Gasteiger partial charge in [-0.1, -0.05) is 29.8 Å². The number of hydrogen-bond donors (Lipinski definition) is 1. The maximum atomic E-state index is 14.6. The first-order valence-electron chi connectivity index (χ1n) is 10.5. The third-order valence-electron chi connectivity index (χ3n) is 5.77. The number of hydrogen-bond acceptors (Lipinski definition) is 5. The summed E-state index contributed by atoms with van der Waals surface area (Å²) in [6.45, 7) is 4.74. The average Bonchev–Trinajstić information content (AvgIpc) is 2.84. The van der Waals surface area contributed by atoms with Crippen LogP contribution in [0.5, 0.6) is 0 Å². The van der Waals surface area contributed by atoms with Gasteiger partial charge in [0.2, 0.25) is 5.91 Å². The first-order chi connectivity index (χ1) is 15.9. The zero-order chi connectivity index (χ0) is 23.5. The highest BCUT2D eigenvalue weighted by Gasteiger charge is 2.33. The molecule has 7 nitrogen and oxygen atoms in total. The summed E-state index contributed by atoms with van der Waals surface area (Å²) >= 11 is 11.8. The van der Waals surface area contributed by atoms with Crippen molar-refractivity contribution in [3.63, 3.8) is 0 Å². The molecule has 0 bridgehead atoms. The predicted molar refractivity (Wildman–Crippen MR) is 126 cm³/mol. The number of amides is 1. The fourth-order valence-corrected chi connectivity index (χ4v) is 4.30. The van der Waals surface area contributed by atoms with Gasteiger partial charge in [-0.15, -0.1) is 0 Å². The standard InChI is InChI=1S/C23H23Cl2FN4O3/c1-3-20(31)30-8-6-13(7-9-30)33-19-10-14-17(11-18(19)32-2)27-12-28-23(14)29-16-5-4-15(24)21(25)22(16)26/h3-5,11-14H,1,6-10H2,2H3,(H,27,28,29). The fraction of sp³-hybridized carbons (Fsp3) is 0.348. The molecule has 0 saturated carbocycles. The van der Waals surface area contributed by atoms with Gasteiger partial charge >= 0.3 is 0 Å². The van der Waals surface area contributed by atoms with Crippen LogP contribution in [0.1, 0.15) is 19.3 Å². The van der Waals surface area contributed by atoms with Gasteiger partial charge in [-0.05, 0) is 18.2 Å². The third kappa shape index (κ3) is 4.91. The molecule has 1 unspecified atom stereocenters. The molecule has 2 aliphatic heterocycles. The molecule has 1 amide bonds. The number of benzene rings is 1.